The molecular formula is C48H60N4O9. The maximum Gasteiger partial charge on any atom is 0.337 e. The van der Waals surface area contributed by atoms with Crippen LogP contribution in [0.15, 0.2) is 85.2 Å². The van der Waals surface area contributed by atoms with E-state index in [9.17, 15) is 29.7 Å². The molecule has 6 N–H and O–H groups in total. The van der Waals surface area contributed by atoms with Crippen LogP contribution in [0.3, 0.4) is 0 Å². The van der Waals surface area contributed by atoms with Crippen LogP contribution in [0.4, 0.5) is 5.69 Å². The number of nitrogens with zero attached hydrogens (tertiary/aromatic N) is 3. The minimum atomic E-state index is -0.942. The molecule has 13 heteroatoms. The molecule has 1 spiro atoms. The second-order valence-electron chi connectivity index (χ2n) is 17.3. The fourth-order valence-corrected chi connectivity index (χ4v) is 9.93. The van der Waals surface area contributed by atoms with Crippen LogP contribution in [0, 0.1) is 11.8 Å². The Morgan fingerprint density at radius 1 is 1.00 bits per heavy atom. The molecule has 2 saturated carbocycles. The third-order valence-corrected chi connectivity index (χ3v) is 12.7. The molecule has 1 aromatic heterocycles. The summed E-state index contributed by atoms with van der Waals surface area (Å²) < 4.78 is 6.04. The quantitative estimate of drug-likeness (QED) is 0.0975. The molecule has 5 aliphatic rings. The summed E-state index contributed by atoms with van der Waals surface area (Å²) in [5.41, 5.74) is 2.61. The SMILES string of the molecule is CC(=O)Nc1ccc(O)cc1.CC[C@@H](c1cccc(O)c1)[C@@H](C)CN(C)C.O=C(O)c1cccnc1.O=C1CC[C@@]2(O)[C@H]3Cc4ccc(O)c5c4[C@@]2(CCN3CC2CC2)[C@H]1O5. The zero-order valence-corrected chi connectivity index (χ0v) is 35.8. The number of carbonyl (C=O) groups is 3. The molecule has 61 heavy (non-hydrogen) atoms. The first-order valence-electron chi connectivity index (χ1n) is 21.2. The molecular weight excluding hydrogens is 777 g/mol. The Hall–Kier alpha value is -5.50. The first-order chi connectivity index (χ1) is 29.1. The number of phenols is 3. The molecule has 13 nitrogen and oxygen atoms in total. The number of piperidine rings is 1. The number of anilines is 1. The zero-order chi connectivity index (χ0) is 44.1. The van der Waals surface area contributed by atoms with Crippen LogP contribution in [0.5, 0.6) is 23.0 Å². The molecule has 4 aromatic rings. The van der Waals surface area contributed by atoms with Crippen LogP contribution in [-0.4, -0.2) is 109 Å². The van der Waals surface area contributed by atoms with Gasteiger partial charge >= 0.3 is 5.97 Å². The lowest BCUT2D eigenvalue weighted by molar-refractivity contribution is -0.188. The number of aromatic hydroxyl groups is 3. The number of pyridine rings is 1. The van der Waals surface area contributed by atoms with E-state index < -0.39 is 23.1 Å². The molecule has 3 aliphatic carbocycles. The highest BCUT2D eigenvalue weighted by Gasteiger charge is 2.73. The first kappa shape index (κ1) is 45.0. The molecule has 0 unspecified atom stereocenters. The van der Waals surface area contributed by atoms with Gasteiger partial charge in [-0.2, -0.15) is 0 Å². The van der Waals surface area contributed by atoms with Crippen molar-refractivity contribution in [3.05, 3.63) is 107 Å². The van der Waals surface area contributed by atoms with E-state index in [0.717, 1.165) is 55.9 Å². The number of benzene rings is 3. The summed E-state index contributed by atoms with van der Waals surface area (Å²) in [6, 6.07) is 20.7. The molecule has 2 aliphatic heterocycles. The number of rotatable bonds is 9. The number of ketones is 1. The lowest BCUT2D eigenvalue weighted by Crippen LogP contribution is -2.76. The highest BCUT2D eigenvalue weighted by atomic mass is 16.5. The van der Waals surface area contributed by atoms with Gasteiger partial charge in [0.05, 0.1) is 16.6 Å². The van der Waals surface area contributed by atoms with Gasteiger partial charge in [-0.25, -0.2) is 4.79 Å². The van der Waals surface area contributed by atoms with Crippen molar-refractivity contribution < 1.29 is 44.7 Å². The van der Waals surface area contributed by atoms with Crippen LogP contribution in [0.25, 0.3) is 0 Å². The largest absolute Gasteiger partial charge is 0.508 e. The summed E-state index contributed by atoms with van der Waals surface area (Å²) in [6.45, 7) is 8.95. The summed E-state index contributed by atoms with van der Waals surface area (Å²) >= 11 is 0. The smallest absolute Gasteiger partial charge is 0.337 e. The van der Waals surface area contributed by atoms with Crippen LogP contribution in [-0.2, 0) is 21.4 Å². The predicted molar refractivity (Wildman–Crippen MR) is 232 cm³/mol. The average molecular weight is 837 g/mol. The van der Waals surface area contributed by atoms with Gasteiger partial charge in [0.1, 0.15) is 11.5 Å². The number of nitrogens with one attached hydrogen (secondary N) is 1. The Kier molecular flexibility index (Phi) is 14.1. The number of phenolic OH excluding ortho intramolecular Hbond substituents is 3. The number of carboxylic acid groups (broad SMARTS) is 1. The third kappa shape index (κ3) is 9.85. The Bertz CT molecular complexity index is 2160. The third-order valence-electron chi connectivity index (χ3n) is 12.7. The van der Waals surface area contributed by atoms with Gasteiger partial charge in [-0.1, -0.05) is 32.0 Å². The number of likely N-dealkylation sites (tertiary alicyclic amines) is 1. The van der Waals surface area contributed by atoms with Gasteiger partial charge in [0.2, 0.25) is 5.91 Å². The normalized spacial score (nSPS) is 23.9. The van der Waals surface area contributed by atoms with Crippen molar-refractivity contribution >= 4 is 23.3 Å². The van der Waals surface area contributed by atoms with Crippen LogP contribution >= 0.6 is 0 Å². The standard InChI is InChI=1S/C20H23NO4.C14H23NO.C8H9NO2.C6H5NO2/c22-13-4-3-12-9-15-20(24)6-5-14(23)18-19(20,16(12)17(13)25-18)7-8-21(15)10-11-1-2-11;1-5-14(11(2)10-15(3)4)12-7-6-8-13(16)9-12;1-6(10)9-7-2-4-8(11)5-3-7;8-6(9)5-2-1-3-7-4-5/h3-4,11,15,18,22,24H,1-2,5-10H2;6-9,11,14,16H,5,10H2,1-4H3;2-5,11H,1H3,(H,9,10);1-4H,(H,8,9)/t15-,18+,19+,20-;11-,14+;;/m10../s1. The van der Waals surface area contributed by atoms with E-state index in [1.54, 1.807) is 30.3 Å². The Morgan fingerprint density at radius 2 is 1.74 bits per heavy atom. The fraction of sp³-hybridized carbons (Fsp3) is 0.458. The first-order valence-corrected chi connectivity index (χ1v) is 21.2. The summed E-state index contributed by atoms with van der Waals surface area (Å²) in [6.07, 6.45) is 8.28. The molecule has 3 aromatic carbocycles. The molecule has 3 fully saturated rings. The second-order valence-corrected chi connectivity index (χ2v) is 17.3. The van der Waals surface area contributed by atoms with Crippen molar-refractivity contribution in [2.24, 2.45) is 11.8 Å². The van der Waals surface area contributed by atoms with Gasteiger partial charge in [-0.15, -0.1) is 0 Å². The number of hydrogen-bond acceptors (Lipinski definition) is 11. The molecule has 326 valence electrons. The number of carboxylic acids is 1. The van der Waals surface area contributed by atoms with Crippen LogP contribution < -0.4 is 10.1 Å². The average Bonchev–Trinajstić information content (AvgIpc) is 3.97. The van der Waals surface area contributed by atoms with Crippen molar-refractivity contribution in [1.82, 2.24) is 14.8 Å². The predicted octanol–water partition coefficient (Wildman–Crippen LogP) is 6.74. The van der Waals surface area contributed by atoms with E-state index >= 15 is 0 Å². The molecule has 9 rings (SSSR count). The highest BCUT2D eigenvalue weighted by molar-refractivity contribution is 5.90. The van der Waals surface area contributed by atoms with E-state index in [2.05, 4.69) is 54.1 Å². The van der Waals surface area contributed by atoms with E-state index in [-0.39, 0.29) is 34.8 Å². The van der Waals surface area contributed by atoms with Gasteiger partial charge < -0.3 is 40.5 Å². The van der Waals surface area contributed by atoms with Gasteiger partial charge in [0.15, 0.2) is 23.4 Å². The van der Waals surface area contributed by atoms with Crippen molar-refractivity contribution in [1.29, 1.82) is 0 Å². The number of ether oxygens (including phenoxy) is 1. The summed E-state index contributed by atoms with van der Waals surface area (Å²) in [5.74, 6) is 2.02. The van der Waals surface area contributed by atoms with Gasteiger partial charge in [-0.05, 0) is 143 Å². The van der Waals surface area contributed by atoms with E-state index in [4.69, 9.17) is 14.9 Å². The number of aromatic carboxylic acids is 1. The molecule has 3 heterocycles. The topological polar surface area (TPSA) is 193 Å². The zero-order valence-electron chi connectivity index (χ0n) is 35.8. The summed E-state index contributed by atoms with van der Waals surface area (Å²) in [4.78, 5) is 41.7. The summed E-state index contributed by atoms with van der Waals surface area (Å²) in [7, 11) is 4.21. The monoisotopic (exact) mass is 836 g/mol. The fourth-order valence-electron chi connectivity index (χ4n) is 9.93. The molecule has 1 saturated heterocycles. The maximum atomic E-state index is 12.7. The van der Waals surface area contributed by atoms with Gasteiger partial charge in [0, 0.05) is 56.1 Å². The maximum absolute atomic E-state index is 12.7. The Balaban J connectivity index is 0.000000149. The number of aromatic nitrogens is 1. The minimum absolute atomic E-state index is 0.0454. The molecule has 0 radical (unpaired) electrons. The summed E-state index contributed by atoms with van der Waals surface area (Å²) in [5, 5.41) is 51.6. The highest BCUT2D eigenvalue weighted by Crippen LogP contribution is 2.65. The second kappa shape index (κ2) is 19.0. The number of amides is 1. The van der Waals surface area contributed by atoms with E-state index in [1.165, 1.54) is 55.9 Å². The lowest BCUT2D eigenvalue weighted by atomic mass is 9.49. The number of hydrogen-bond donors (Lipinski definition) is 6. The molecule has 2 bridgehead atoms. The van der Waals surface area contributed by atoms with Crippen LogP contribution in [0.2, 0.25) is 0 Å². The Labute approximate surface area is 358 Å². The van der Waals surface area contributed by atoms with Crippen LogP contribution in [0.1, 0.15) is 92.3 Å². The Morgan fingerprint density at radius 3 is 2.33 bits per heavy atom. The van der Waals surface area contributed by atoms with Crippen molar-refractivity contribution in [3.8, 4) is 23.0 Å². The number of aliphatic hydroxyl groups is 1. The van der Waals surface area contributed by atoms with E-state index in [0.29, 0.717) is 41.9 Å². The minimum Gasteiger partial charge on any atom is -0.508 e. The van der Waals surface area contributed by atoms with Crippen molar-refractivity contribution in [3.63, 3.8) is 0 Å². The lowest BCUT2D eigenvalue weighted by Gasteiger charge is -2.62. The van der Waals surface area contributed by atoms with Gasteiger partial charge in [-0.3, -0.25) is 19.5 Å². The number of Topliss-reactive ketones (excluding diaryl/α,β-unsaturated/α-hetero) is 1. The van der Waals surface area contributed by atoms with E-state index in [1.807, 2.05) is 18.2 Å². The van der Waals surface area contributed by atoms with Crippen molar-refractivity contribution in [2.75, 3.05) is 39.0 Å². The van der Waals surface area contributed by atoms with Gasteiger partial charge in [0.25, 0.3) is 0 Å². The molecule has 1 amide bonds. The van der Waals surface area contributed by atoms with Crippen molar-refractivity contribution in [2.45, 2.75) is 94.8 Å². The molecule has 6 atom stereocenters. The number of carbonyl (C=O) groups excluding carboxylic acids is 2.